The highest BCUT2D eigenvalue weighted by atomic mass is 35.5. The van der Waals surface area contributed by atoms with Gasteiger partial charge in [-0.25, -0.2) is 0 Å². The highest BCUT2D eigenvalue weighted by molar-refractivity contribution is 6.32. The van der Waals surface area contributed by atoms with Crippen molar-refractivity contribution in [3.05, 3.63) is 67.6 Å². The molecule has 0 atom stereocenters. The number of benzene rings is 1. The predicted molar refractivity (Wildman–Crippen MR) is 84.2 cm³/mol. The molecule has 1 aromatic heterocycles. The van der Waals surface area contributed by atoms with Crippen LogP contribution < -0.4 is 10.9 Å². The number of pyridine rings is 1. The molecule has 2 N–H and O–H groups in total. The number of hydrogen-bond acceptors (Lipinski definition) is 2. The van der Waals surface area contributed by atoms with Gasteiger partial charge in [-0.1, -0.05) is 23.7 Å². The predicted octanol–water partition coefficient (Wildman–Crippen LogP) is 3.59. The van der Waals surface area contributed by atoms with E-state index in [4.69, 9.17) is 11.6 Å². The molecule has 0 aliphatic rings. The van der Waals surface area contributed by atoms with Crippen molar-refractivity contribution in [1.82, 2.24) is 10.3 Å². The largest absolute Gasteiger partial charge is 0.416 e. The smallest absolute Gasteiger partial charge is 0.348 e. The maximum Gasteiger partial charge on any atom is 0.416 e. The third-order valence-corrected chi connectivity index (χ3v) is 4.06. The molecule has 0 saturated carbocycles. The van der Waals surface area contributed by atoms with Gasteiger partial charge in [0, 0.05) is 12.2 Å². The lowest BCUT2D eigenvalue weighted by Gasteiger charge is -2.11. The van der Waals surface area contributed by atoms with Gasteiger partial charge in [0.05, 0.1) is 10.6 Å². The van der Waals surface area contributed by atoms with Gasteiger partial charge in [0.2, 0.25) is 0 Å². The van der Waals surface area contributed by atoms with E-state index in [-0.39, 0.29) is 22.7 Å². The lowest BCUT2D eigenvalue weighted by Crippen LogP contribution is -2.31. The standard InChI is InChI=1S/C16H14ClF3N2O2/c1-8-12(15(24)22-9(2)13(8)17)14(23)21-7-10-4-3-5-11(6-10)16(18,19)20/h3-6H,7H2,1-2H3,(H,21,23)(H,22,24). The van der Waals surface area contributed by atoms with Crippen LogP contribution in [0, 0.1) is 13.8 Å². The number of aromatic amines is 1. The average molecular weight is 359 g/mol. The first-order valence-corrected chi connectivity index (χ1v) is 7.32. The van der Waals surface area contributed by atoms with Crippen LogP contribution in [0.5, 0.6) is 0 Å². The zero-order valence-electron chi connectivity index (χ0n) is 12.8. The minimum absolute atomic E-state index is 0.146. The van der Waals surface area contributed by atoms with Crippen molar-refractivity contribution in [2.75, 3.05) is 0 Å². The number of carbonyl (C=O) groups excluding carboxylic acids is 1. The van der Waals surface area contributed by atoms with Gasteiger partial charge in [0.1, 0.15) is 5.56 Å². The Bertz CT molecular complexity index is 844. The number of amides is 1. The molecule has 4 nitrogen and oxygen atoms in total. The van der Waals surface area contributed by atoms with E-state index >= 15 is 0 Å². The molecule has 1 aromatic carbocycles. The number of aromatic nitrogens is 1. The van der Waals surface area contributed by atoms with Crippen molar-refractivity contribution in [3.63, 3.8) is 0 Å². The molecule has 2 aromatic rings. The Labute approximate surface area is 140 Å². The Hall–Kier alpha value is -2.28. The van der Waals surface area contributed by atoms with E-state index in [9.17, 15) is 22.8 Å². The lowest BCUT2D eigenvalue weighted by atomic mass is 10.1. The zero-order valence-corrected chi connectivity index (χ0v) is 13.6. The molecule has 0 spiro atoms. The summed E-state index contributed by atoms with van der Waals surface area (Å²) in [6.45, 7) is 2.98. The number of rotatable bonds is 3. The van der Waals surface area contributed by atoms with E-state index in [1.165, 1.54) is 19.1 Å². The molecule has 0 bridgehead atoms. The second-order valence-corrected chi connectivity index (χ2v) is 5.65. The molecule has 0 radical (unpaired) electrons. The zero-order chi connectivity index (χ0) is 18.1. The van der Waals surface area contributed by atoms with E-state index in [1.54, 1.807) is 6.92 Å². The number of alkyl halides is 3. The summed E-state index contributed by atoms with van der Waals surface area (Å²) in [5, 5.41) is 2.70. The summed E-state index contributed by atoms with van der Waals surface area (Å²) in [6.07, 6.45) is -4.46. The first kappa shape index (κ1) is 18.1. The van der Waals surface area contributed by atoms with Crippen LogP contribution in [0.4, 0.5) is 13.2 Å². The maximum absolute atomic E-state index is 12.7. The molecule has 0 aliphatic carbocycles. The van der Waals surface area contributed by atoms with Gasteiger partial charge in [-0.3, -0.25) is 9.59 Å². The highest BCUT2D eigenvalue weighted by Gasteiger charge is 2.30. The minimum atomic E-state index is -4.46. The third kappa shape index (κ3) is 3.79. The fourth-order valence-corrected chi connectivity index (χ4v) is 2.39. The van der Waals surface area contributed by atoms with Crippen LogP contribution >= 0.6 is 11.6 Å². The molecule has 0 unspecified atom stereocenters. The summed E-state index contributed by atoms with van der Waals surface area (Å²) in [5.74, 6) is -0.701. The number of H-pyrrole nitrogens is 1. The Balaban J connectivity index is 2.21. The summed E-state index contributed by atoms with van der Waals surface area (Å²) in [7, 11) is 0. The quantitative estimate of drug-likeness (QED) is 0.880. The number of carbonyl (C=O) groups is 1. The van der Waals surface area contributed by atoms with Crippen LogP contribution in [0.25, 0.3) is 0 Å². The molecular weight excluding hydrogens is 345 g/mol. The van der Waals surface area contributed by atoms with Gasteiger partial charge in [-0.15, -0.1) is 0 Å². The van der Waals surface area contributed by atoms with Gasteiger partial charge < -0.3 is 10.3 Å². The monoisotopic (exact) mass is 358 g/mol. The molecule has 0 fully saturated rings. The fourth-order valence-electron chi connectivity index (χ4n) is 2.25. The van der Waals surface area contributed by atoms with E-state index in [0.717, 1.165) is 12.1 Å². The first-order chi connectivity index (χ1) is 11.1. The summed E-state index contributed by atoms with van der Waals surface area (Å²) in [5.41, 5.74) is -0.534. The number of aryl methyl sites for hydroxylation is 1. The van der Waals surface area contributed by atoms with Crippen molar-refractivity contribution in [2.24, 2.45) is 0 Å². The van der Waals surface area contributed by atoms with Crippen molar-refractivity contribution in [1.29, 1.82) is 0 Å². The van der Waals surface area contributed by atoms with Gasteiger partial charge in [0.15, 0.2) is 0 Å². The summed E-state index contributed by atoms with van der Waals surface area (Å²) >= 11 is 6.01. The second-order valence-electron chi connectivity index (χ2n) is 5.27. The average Bonchev–Trinajstić information content (AvgIpc) is 2.50. The number of halogens is 4. The topological polar surface area (TPSA) is 62.0 Å². The van der Waals surface area contributed by atoms with E-state index < -0.39 is 23.2 Å². The number of nitrogens with one attached hydrogen (secondary N) is 2. The third-order valence-electron chi connectivity index (χ3n) is 3.50. The molecule has 1 amide bonds. The molecule has 0 aliphatic heterocycles. The molecule has 2 rings (SSSR count). The lowest BCUT2D eigenvalue weighted by molar-refractivity contribution is -0.137. The van der Waals surface area contributed by atoms with E-state index in [0.29, 0.717) is 11.3 Å². The van der Waals surface area contributed by atoms with Crippen molar-refractivity contribution in [3.8, 4) is 0 Å². The molecular formula is C16H14ClF3N2O2. The van der Waals surface area contributed by atoms with Crippen molar-refractivity contribution >= 4 is 17.5 Å². The Morgan fingerprint density at radius 1 is 1.29 bits per heavy atom. The van der Waals surface area contributed by atoms with Gasteiger partial charge in [-0.2, -0.15) is 13.2 Å². The normalized spacial score (nSPS) is 11.4. The summed E-state index contributed by atoms with van der Waals surface area (Å²) < 4.78 is 38.0. The molecule has 1 heterocycles. The van der Waals surface area contributed by atoms with Crippen LogP contribution in [0.1, 0.15) is 32.7 Å². The minimum Gasteiger partial charge on any atom is -0.348 e. The Morgan fingerprint density at radius 3 is 2.58 bits per heavy atom. The highest BCUT2D eigenvalue weighted by Crippen LogP contribution is 2.29. The molecule has 0 saturated heterocycles. The Kier molecular flexibility index (Phi) is 5.03. The first-order valence-electron chi connectivity index (χ1n) is 6.94. The fraction of sp³-hybridized carbons (Fsp3) is 0.250. The molecule has 24 heavy (non-hydrogen) atoms. The van der Waals surface area contributed by atoms with Gasteiger partial charge in [0.25, 0.3) is 11.5 Å². The van der Waals surface area contributed by atoms with E-state index in [1.807, 2.05) is 0 Å². The van der Waals surface area contributed by atoms with Crippen LogP contribution in [0.3, 0.4) is 0 Å². The van der Waals surface area contributed by atoms with Crippen LogP contribution in [-0.4, -0.2) is 10.9 Å². The number of hydrogen-bond donors (Lipinski definition) is 2. The van der Waals surface area contributed by atoms with E-state index in [2.05, 4.69) is 10.3 Å². The molecule has 128 valence electrons. The van der Waals surface area contributed by atoms with Crippen LogP contribution in [0.15, 0.2) is 29.1 Å². The van der Waals surface area contributed by atoms with Crippen LogP contribution in [0.2, 0.25) is 5.02 Å². The maximum atomic E-state index is 12.7. The summed E-state index contributed by atoms with van der Waals surface area (Å²) in [4.78, 5) is 26.6. The molecule has 8 heteroatoms. The van der Waals surface area contributed by atoms with Gasteiger partial charge >= 0.3 is 6.18 Å². The second kappa shape index (κ2) is 6.68. The van der Waals surface area contributed by atoms with Gasteiger partial charge in [-0.05, 0) is 37.1 Å². The van der Waals surface area contributed by atoms with Crippen molar-refractivity contribution < 1.29 is 18.0 Å². The summed E-state index contributed by atoms with van der Waals surface area (Å²) in [6, 6.07) is 4.60. The van der Waals surface area contributed by atoms with Crippen molar-refractivity contribution in [2.45, 2.75) is 26.6 Å². The Morgan fingerprint density at radius 2 is 1.96 bits per heavy atom. The SMILES string of the molecule is Cc1[nH]c(=O)c(C(=O)NCc2cccc(C(F)(F)F)c2)c(C)c1Cl. The van der Waals surface area contributed by atoms with Crippen LogP contribution in [-0.2, 0) is 12.7 Å².